The molecule has 2 aromatic carbocycles. The van der Waals surface area contributed by atoms with Crippen LogP contribution in [0.15, 0.2) is 71.7 Å². The molecule has 4 aromatic rings. The Hall–Kier alpha value is -3.69. The van der Waals surface area contributed by atoms with Gasteiger partial charge in [0.2, 0.25) is 5.91 Å². The molecule has 0 fully saturated rings. The van der Waals surface area contributed by atoms with Crippen molar-refractivity contribution in [2.75, 3.05) is 18.2 Å². The number of nitrogens with one attached hydrogen (secondary N) is 1. The number of benzene rings is 2. The van der Waals surface area contributed by atoms with Crippen LogP contribution in [-0.4, -0.2) is 39.5 Å². The summed E-state index contributed by atoms with van der Waals surface area (Å²) in [4.78, 5) is 25.5. The number of ether oxygens (including phenoxy) is 1. The van der Waals surface area contributed by atoms with E-state index in [9.17, 15) is 9.59 Å². The van der Waals surface area contributed by atoms with E-state index >= 15 is 0 Å². The van der Waals surface area contributed by atoms with Gasteiger partial charge in [0.25, 0.3) is 0 Å². The van der Waals surface area contributed by atoms with Crippen LogP contribution in [0.5, 0.6) is 0 Å². The molecule has 1 amide bonds. The first-order valence-electron chi connectivity index (χ1n) is 11.2. The first-order valence-corrected chi connectivity index (χ1v) is 13.1. The summed E-state index contributed by atoms with van der Waals surface area (Å²) in [6.07, 6.45) is 1.77. The van der Waals surface area contributed by atoms with Gasteiger partial charge in [0.15, 0.2) is 11.0 Å². The molecule has 0 saturated heterocycles. The van der Waals surface area contributed by atoms with E-state index in [0.717, 1.165) is 27.8 Å². The first-order chi connectivity index (χ1) is 17.4. The average Bonchev–Trinajstić information content (AvgIpc) is 3.48. The summed E-state index contributed by atoms with van der Waals surface area (Å²) in [7, 11) is 1.33. The fourth-order valence-electron chi connectivity index (χ4n) is 3.60. The molecular weight excluding hydrogens is 492 g/mol. The van der Waals surface area contributed by atoms with Gasteiger partial charge in [-0.3, -0.25) is 9.36 Å². The van der Waals surface area contributed by atoms with Crippen LogP contribution in [0.25, 0.3) is 22.5 Å². The summed E-state index contributed by atoms with van der Waals surface area (Å²) >= 11 is 2.57. The maximum absolute atomic E-state index is 12.9. The average molecular weight is 519 g/mol. The fourth-order valence-corrected chi connectivity index (χ4v) is 5.32. The number of anilines is 1. The summed E-state index contributed by atoms with van der Waals surface area (Å²) in [5.74, 6) is 0.0594. The molecule has 7 nitrogen and oxygen atoms in total. The number of thiophene rings is 1. The summed E-state index contributed by atoms with van der Waals surface area (Å²) in [5.41, 5.74) is 5.17. The Labute approximate surface area is 218 Å². The van der Waals surface area contributed by atoms with Crippen LogP contribution in [-0.2, 0) is 16.1 Å². The first kappa shape index (κ1) is 25.4. The van der Waals surface area contributed by atoms with Crippen LogP contribution in [0.4, 0.5) is 5.00 Å². The number of esters is 1. The van der Waals surface area contributed by atoms with Gasteiger partial charge in [-0.05, 0) is 19.4 Å². The van der Waals surface area contributed by atoms with E-state index in [1.165, 1.54) is 30.2 Å². The minimum absolute atomic E-state index is 0.0988. The molecule has 0 spiro atoms. The van der Waals surface area contributed by atoms with Crippen LogP contribution < -0.4 is 5.32 Å². The molecule has 9 heteroatoms. The second-order valence-corrected chi connectivity index (χ2v) is 9.94. The van der Waals surface area contributed by atoms with Gasteiger partial charge in [-0.15, -0.1) is 28.1 Å². The molecule has 36 heavy (non-hydrogen) atoms. The largest absolute Gasteiger partial charge is 0.465 e. The third-order valence-electron chi connectivity index (χ3n) is 5.47. The second-order valence-electron chi connectivity index (χ2n) is 8.12. The lowest BCUT2D eigenvalue weighted by Gasteiger charge is -2.09. The van der Waals surface area contributed by atoms with E-state index in [1.807, 2.05) is 72.3 Å². The highest BCUT2D eigenvalue weighted by Crippen LogP contribution is 2.36. The minimum Gasteiger partial charge on any atom is -0.465 e. The van der Waals surface area contributed by atoms with Crippen LogP contribution in [0, 0.1) is 13.8 Å². The molecule has 0 saturated carbocycles. The van der Waals surface area contributed by atoms with Crippen molar-refractivity contribution in [3.8, 4) is 22.5 Å². The van der Waals surface area contributed by atoms with Crippen molar-refractivity contribution in [2.45, 2.75) is 25.5 Å². The standard InChI is InChI=1S/C27H26N4O3S2/c1-5-14-31-24(20-12-8-18(3)9-13-20)29-30-27(31)36-16-22(32)28-25-23(26(33)34-4)21(15-35-25)19-10-6-17(2)7-11-19/h5-13,15H,1,14,16H2,2-4H3,(H,28,32). The SMILES string of the molecule is C=CCn1c(SCC(=O)Nc2scc(-c3ccc(C)cc3)c2C(=O)OC)nnc1-c1ccc(C)cc1. The number of carbonyl (C=O) groups excluding carboxylic acids is 2. The van der Waals surface area contributed by atoms with Crippen LogP contribution in [0.3, 0.4) is 0 Å². The number of allylic oxidation sites excluding steroid dienone is 1. The van der Waals surface area contributed by atoms with Crippen molar-refractivity contribution in [3.63, 3.8) is 0 Å². The Bertz CT molecular complexity index is 1390. The topological polar surface area (TPSA) is 86.1 Å². The Morgan fingerprint density at radius 2 is 1.69 bits per heavy atom. The normalized spacial score (nSPS) is 10.8. The molecule has 1 N–H and O–H groups in total. The number of carbonyl (C=O) groups is 2. The molecular formula is C27H26N4O3S2. The van der Waals surface area contributed by atoms with Crippen molar-refractivity contribution in [1.29, 1.82) is 0 Å². The highest BCUT2D eigenvalue weighted by Gasteiger charge is 2.23. The molecule has 2 heterocycles. The molecule has 0 atom stereocenters. The van der Waals surface area contributed by atoms with Crippen molar-refractivity contribution >= 4 is 40.0 Å². The zero-order chi connectivity index (χ0) is 25.7. The third kappa shape index (κ3) is 5.58. The van der Waals surface area contributed by atoms with E-state index in [0.29, 0.717) is 28.1 Å². The van der Waals surface area contributed by atoms with Crippen LogP contribution >= 0.6 is 23.1 Å². The molecule has 0 unspecified atom stereocenters. The quantitative estimate of drug-likeness (QED) is 0.166. The van der Waals surface area contributed by atoms with Gasteiger partial charge in [0.05, 0.1) is 12.9 Å². The number of thioether (sulfide) groups is 1. The number of aryl methyl sites for hydroxylation is 2. The van der Waals surface area contributed by atoms with Gasteiger partial charge in [-0.2, -0.15) is 0 Å². The lowest BCUT2D eigenvalue weighted by atomic mass is 10.0. The predicted octanol–water partition coefficient (Wildman–Crippen LogP) is 5.99. The number of hydrogen-bond donors (Lipinski definition) is 1. The Balaban J connectivity index is 1.52. The number of hydrogen-bond acceptors (Lipinski definition) is 7. The highest BCUT2D eigenvalue weighted by atomic mass is 32.2. The van der Waals surface area contributed by atoms with E-state index in [-0.39, 0.29) is 11.7 Å². The Morgan fingerprint density at radius 3 is 2.31 bits per heavy atom. The van der Waals surface area contributed by atoms with Gasteiger partial charge in [-0.1, -0.05) is 77.5 Å². The van der Waals surface area contributed by atoms with Gasteiger partial charge in [0.1, 0.15) is 10.6 Å². The number of amides is 1. The van der Waals surface area contributed by atoms with E-state index in [4.69, 9.17) is 4.74 Å². The van der Waals surface area contributed by atoms with Gasteiger partial charge < -0.3 is 10.1 Å². The van der Waals surface area contributed by atoms with Crippen LogP contribution in [0.2, 0.25) is 0 Å². The lowest BCUT2D eigenvalue weighted by molar-refractivity contribution is -0.113. The minimum atomic E-state index is -0.497. The Morgan fingerprint density at radius 1 is 1.06 bits per heavy atom. The maximum atomic E-state index is 12.9. The molecule has 0 aliphatic rings. The molecule has 0 radical (unpaired) electrons. The van der Waals surface area contributed by atoms with Gasteiger partial charge in [0, 0.05) is 23.1 Å². The second kappa shape index (κ2) is 11.4. The molecule has 0 aliphatic carbocycles. The smallest absolute Gasteiger partial charge is 0.341 e. The lowest BCUT2D eigenvalue weighted by Crippen LogP contribution is -2.16. The summed E-state index contributed by atoms with van der Waals surface area (Å²) in [5, 5.41) is 14.4. The van der Waals surface area contributed by atoms with Crippen molar-refractivity contribution in [1.82, 2.24) is 14.8 Å². The number of nitrogens with zero attached hydrogens (tertiary/aromatic N) is 3. The van der Waals surface area contributed by atoms with Gasteiger partial charge >= 0.3 is 5.97 Å². The van der Waals surface area contributed by atoms with E-state index < -0.39 is 5.97 Å². The van der Waals surface area contributed by atoms with E-state index in [2.05, 4.69) is 22.1 Å². The van der Waals surface area contributed by atoms with Crippen LogP contribution in [0.1, 0.15) is 21.5 Å². The number of aromatic nitrogens is 3. The third-order valence-corrected chi connectivity index (χ3v) is 7.33. The Kier molecular flexibility index (Phi) is 8.02. The fraction of sp³-hybridized carbons (Fsp3) is 0.185. The maximum Gasteiger partial charge on any atom is 0.341 e. The predicted molar refractivity (Wildman–Crippen MR) is 146 cm³/mol. The molecule has 2 aromatic heterocycles. The molecule has 184 valence electrons. The molecule has 0 aliphatic heterocycles. The zero-order valence-electron chi connectivity index (χ0n) is 20.3. The van der Waals surface area contributed by atoms with Crippen molar-refractivity contribution < 1.29 is 14.3 Å². The molecule has 4 rings (SSSR count). The van der Waals surface area contributed by atoms with Crippen molar-refractivity contribution in [2.24, 2.45) is 0 Å². The summed E-state index contributed by atoms with van der Waals surface area (Å²) < 4.78 is 6.93. The highest BCUT2D eigenvalue weighted by molar-refractivity contribution is 7.99. The molecule has 0 bridgehead atoms. The monoisotopic (exact) mass is 518 g/mol. The summed E-state index contributed by atoms with van der Waals surface area (Å²) in [6, 6.07) is 15.9. The number of rotatable bonds is 9. The summed E-state index contributed by atoms with van der Waals surface area (Å²) in [6.45, 7) is 8.38. The van der Waals surface area contributed by atoms with E-state index in [1.54, 1.807) is 6.08 Å². The van der Waals surface area contributed by atoms with Crippen molar-refractivity contribution in [3.05, 3.63) is 83.3 Å². The van der Waals surface area contributed by atoms with Gasteiger partial charge in [-0.25, -0.2) is 4.79 Å². The zero-order valence-corrected chi connectivity index (χ0v) is 21.9. The number of methoxy groups -OCH3 is 1.